The molecule has 20 heavy (non-hydrogen) atoms. The molecule has 9 heteroatoms. The highest BCUT2D eigenvalue weighted by Gasteiger charge is 2.20. The number of amides is 3. The summed E-state index contributed by atoms with van der Waals surface area (Å²) in [4.78, 5) is 33.1. The van der Waals surface area contributed by atoms with Crippen LogP contribution >= 0.6 is 0 Å². The number of ether oxygens (including phenoxy) is 2. The Balaban J connectivity index is 3.93. The third kappa shape index (κ3) is 8.11. The molecule has 0 aliphatic rings. The maximum atomic E-state index is 12.1. The number of carbonyl (C=O) groups is 3. The number of rotatable bonds is 8. The molecule has 0 aromatic heterocycles. The Hall–Kier alpha value is -2.06. The van der Waals surface area contributed by atoms with Crippen LogP contribution in [0.15, 0.2) is 0 Å². The Morgan fingerprint density at radius 2 is 1.90 bits per heavy atom. The minimum atomic E-state index is -1.02. The Morgan fingerprint density at radius 1 is 1.20 bits per heavy atom. The predicted molar refractivity (Wildman–Crippen MR) is 67.5 cm³/mol. The topological polar surface area (TPSA) is 106 Å². The van der Waals surface area contributed by atoms with Gasteiger partial charge in [0.25, 0.3) is 5.91 Å². The maximum Gasteiger partial charge on any atom is 0.407 e. The number of hydrogen-bond donors (Lipinski definition) is 3. The lowest BCUT2D eigenvalue weighted by Crippen LogP contribution is -2.44. The molecule has 8 nitrogen and oxygen atoms in total. The van der Waals surface area contributed by atoms with Gasteiger partial charge in [0.2, 0.25) is 0 Å². The lowest BCUT2D eigenvalue weighted by atomic mass is 10.1. The van der Waals surface area contributed by atoms with E-state index in [-0.39, 0.29) is 13.0 Å². The zero-order valence-corrected chi connectivity index (χ0v) is 11.5. The maximum absolute atomic E-state index is 12.1. The van der Waals surface area contributed by atoms with Crippen molar-refractivity contribution in [3.8, 4) is 0 Å². The molecule has 0 radical (unpaired) electrons. The molecule has 0 saturated heterocycles. The molecule has 0 aromatic carbocycles. The number of methoxy groups -OCH3 is 1. The van der Waals surface area contributed by atoms with Gasteiger partial charge < -0.3 is 20.1 Å². The van der Waals surface area contributed by atoms with Crippen LogP contribution in [0, 0.1) is 0 Å². The summed E-state index contributed by atoms with van der Waals surface area (Å²) in [6.07, 6.45) is -0.0665. The summed E-state index contributed by atoms with van der Waals surface area (Å²) >= 11 is 0. The molecule has 0 aromatic rings. The van der Waals surface area contributed by atoms with Crippen molar-refractivity contribution in [2.75, 3.05) is 20.3 Å². The first-order chi connectivity index (χ1) is 9.54. The van der Waals surface area contributed by atoms with Crippen molar-refractivity contribution in [2.45, 2.75) is 32.2 Å². The number of nitrogens with one attached hydrogen (secondary N) is 3. The molecule has 3 amide bonds. The fourth-order valence-electron chi connectivity index (χ4n) is 1.38. The second-order valence-corrected chi connectivity index (χ2v) is 3.79. The third-order valence-corrected chi connectivity index (χ3v) is 2.35. The van der Waals surface area contributed by atoms with E-state index in [1.54, 1.807) is 6.92 Å². The molecule has 0 aliphatic heterocycles. The van der Waals surface area contributed by atoms with Gasteiger partial charge in [-0.15, -0.1) is 4.48 Å². The van der Waals surface area contributed by atoms with Crippen molar-refractivity contribution < 1.29 is 28.3 Å². The van der Waals surface area contributed by atoms with Crippen LogP contribution in [0.4, 0.5) is 14.1 Å². The molecule has 0 bridgehead atoms. The van der Waals surface area contributed by atoms with Crippen molar-refractivity contribution in [3.63, 3.8) is 0 Å². The molecule has 1 atom stereocenters. The summed E-state index contributed by atoms with van der Waals surface area (Å²) in [6, 6.07) is -1.02. The fourth-order valence-corrected chi connectivity index (χ4v) is 1.38. The largest absolute Gasteiger partial charge is 0.453 e. The third-order valence-electron chi connectivity index (χ3n) is 2.35. The van der Waals surface area contributed by atoms with Gasteiger partial charge in [0.05, 0.1) is 13.7 Å². The standard InChI is InChI=1S/C11H20FN3O5/c1-3-20-10(17)13-7-5-4-6-8(9(16)15-12)14-11(18)19-2/h8H,3-7H2,1-2H3,(H,13,17)(H,14,18)(H,15,16). The first-order valence-corrected chi connectivity index (χ1v) is 6.20. The van der Waals surface area contributed by atoms with Crippen molar-refractivity contribution in [3.05, 3.63) is 0 Å². The molecule has 0 rings (SSSR count). The second kappa shape index (κ2) is 10.8. The van der Waals surface area contributed by atoms with Gasteiger partial charge >= 0.3 is 12.2 Å². The van der Waals surface area contributed by atoms with Crippen LogP contribution in [0.2, 0.25) is 0 Å². The van der Waals surface area contributed by atoms with Gasteiger partial charge in [-0.05, 0) is 26.2 Å². The summed E-state index contributed by atoms with van der Waals surface area (Å²) in [6.45, 7) is 2.34. The van der Waals surface area contributed by atoms with E-state index in [0.717, 1.165) is 12.6 Å². The van der Waals surface area contributed by atoms with Crippen LogP contribution in [-0.4, -0.2) is 44.4 Å². The van der Waals surface area contributed by atoms with E-state index in [9.17, 15) is 18.9 Å². The van der Waals surface area contributed by atoms with Crippen LogP contribution in [0.1, 0.15) is 26.2 Å². The lowest BCUT2D eigenvalue weighted by molar-refractivity contribution is -0.127. The van der Waals surface area contributed by atoms with E-state index in [1.807, 2.05) is 0 Å². The minimum absolute atomic E-state index is 0.218. The van der Waals surface area contributed by atoms with E-state index in [1.165, 1.54) is 0 Å². The van der Waals surface area contributed by atoms with Crippen molar-refractivity contribution in [1.82, 2.24) is 16.2 Å². The van der Waals surface area contributed by atoms with Crippen LogP contribution in [0.5, 0.6) is 0 Å². The second-order valence-electron chi connectivity index (χ2n) is 3.79. The van der Waals surface area contributed by atoms with E-state index >= 15 is 0 Å². The Labute approximate surface area is 116 Å². The minimum Gasteiger partial charge on any atom is -0.453 e. The monoisotopic (exact) mass is 293 g/mol. The van der Waals surface area contributed by atoms with E-state index in [2.05, 4.69) is 20.1 Å². The summed E-state index contributed by atoms with van der Waals surface area (Å²) in [5.74, 6) is -0.950. The Bertz CT molecular complexity index is 327. The molecule has 0 heterocycles. The summed E-state index contributed by atoms with van der Waals surface area (Å²) in [5.41, 5.74) is 0.971. The summed E-state index contributed by atoms with van der Waals surface area (Å²) in [5, 5.41) is 4.72. The number of halogens is 1. The van der Waals surface area contributed by atoms with E-state index in [0.29, 0.717) is 19.4 Å². The zero-order valence-electron chi connectivity index (χ0n) is 11.5. The zero-order chi connectivity index (χ0) is 15.4. The number of unbranched alkanes of at least 4 members (excludes halogenated alkanes) is 1. The first kappa shape index (κ1) is 17.9. The Kier molecular flexibility index (Phi) is 9.71. The molecule has 1 unspecified atom stereocenters. The highest BCUT2D eigenvalue weighted by molar-refractivity contribution is 5.84. The van der Waals surface area contributed by atoms with E-state index in [4.69, 9.17) is 0 Å². The predicted octanol–water partition coefficient (Wildman–Crippen LogP) is 0.628. The van der Waals surface area contributed by atoms with Crippen LogP contribution in [0.25, 0.3) is 0 Å². The lowest BCUT2D eigenvalue weighted by Gasteiger charge is -2.15. The van der Waals surface area contributed by atoms with Crippen LogP contribution < -0.4 is 16.2 Å². The van der Waals surface area contributed by atoms with Gasteiger partial charge in [-0.2, -0.15) is 5.54 Å². The Morgan fingerprint density at radius 3 is 2.45 bits per heavy atom. The smallest absolute Gasteiger partial charge is 0.407 e. The highest BCUT2D eigenvalue weighted by Crippen LogP contribution is 2.02. The molecule has 3 N–H and O–H groups in total. The first-order valence-electron chi connectivity index (χ1n) is 6.20. The number of carbonyl (C=O) groups excluding carboxylic acids is 3. The average Bonchev–Trinajstić information content (AvgIpc) is 2.44. The molecule has 0 spiro atoms. The molecule has 0 aliphatic carbocycles. The average molecular weight is 293 g/mol. The van der Waals surface area contributed by atoms with Crippen molar-refractivity contribution in [2.24, 2.45) is 0 Å². The van der Waals surface area contributed by atoms with Gasteiger partial charge in [0.1, 0.15) is 6.04 Å². The van der Waals surface area contributed by atoms with Gasteiger partial charge in [-0.3, -0.25) is 4.79 Å². The molecular formula is C11H20FN3O5. The van der Waals surface area contributed by atoms with Gasteiger partial charge in [0.15, 0.2) is 0 Å². The van der Waals surface area contributed by atoms with Gasteiger partial charge in [-0.25, -0.2) is 9.59 Å². The molecule has 0 saturated carbocycles. The van der Waals surface area contributed by atoms with Gasteiger partial charge in [0, 0.05) is 6.54 Å². The normalized spacial score (nSPS) is 11.2. The van der Waals surface area contributed by atoms with Crippen LogP contribution in [-0.2, 0) is 14.3 Å². The molecule has 116 valence electrons. The summed E-state index contributed by atoms with van der Waals surface area (Å²) in [7, 11) is 1.14. The number of hydrogen-bond acceptors (Lipinski definition) is 5. The van der Waals surface area contributed by atoms with Crippen molar-refractivity contribution >= 4 is 18.1 Å². The number of alkyl carbamates (subject to hydrolysis) is 2. The quantitative estimate of drug-likeness (QED) is 0.449. The van der Waals surface area contributed by atoms with Crippen molar-refractivity contribution in [1.29, 1.82) is 0 Å². The fraction of sp³-hybridized carbons (Fsp3) is 0.727. The molecular weight excluding hydrogens is 273 g/mol. The van der Waals surface area contributed by atoms with Crippen LogP contribution in [0.3, 0.4) is 0 Å². The SMILES string of the molecule is CCOC(=O)NCCCCC(NC(=O)OC)C(=O)NF. The van der Waals surface area contributed by atoms with E-state index < -0.39 is 24.1 Å². The summed E-state index contributed by atoms with van der Waals surface area (Å²) < 4.78 is 21.1. The highest BCUT2D eigenvalue weighted by atomic mass is 19.2. The molecule has 0 fully saturated rings. The van der Waals surface area contributed by atoms with Gasteiger partial charge in [-0.1, -0.05) is 0 Å².